The third-order valence-corrected chi connectivity index (χ3v) is 2.38. The van der Waals surface area contributed by atoms with Crippen molar-refractivity contribution in [2.24, 2.45) is 5.73 Å². The van der Waals surface area contributed by atoms with Crippen molar-refractivity contribution in [1.29, 1.82) is 0 Å². The third-order valence-electron chi connectivity index (χ3n) is 2.38. The largest absolute Gasteiger partial charge is 0.368 e. The van der Waals surface area contributed by atoms with Crippen molar-refractivity contribution in [3.63, 3.8) is 0 Å². The van der Waals surface area contributed by atoms with Crippen LogP contribution in [0.5, 0.6) is 0 Å². The van der Waals surface area contributed by atoms with E-state index in [2.05, 4.69) is 10.6 Å². The minimum Gasteiger partial charge on any atom is -0.368 e. The zero-order valence-electron chi connectivity index (χ0n) is 8.95. The first-order valence-corrected chi connectivity index (χ1v) is 5.11. The van der Waals surface area contributed by atoms with Crippen LogP contribution in [0, 0.1) is 0 Å². The Hall–Kier alpha value is -1.14. The highest BCUT2D eigenvalue weighted by atomic mass is 16.2. The molecule has 1 fully saturated rings. The zero-order valence-corrected chi connectivity index (χ0v) is 8.95. The van der Waals surface area contributed by atoms with Gasteiger partial charge in [0, 0.05) is 26.2 Å². The van der Waals surface area contributed by atoms with Crippen LogP contribution in [-0.2, 0) is 9.59 Å². The Bertz CT molecular complexity index is 238. The van der Waals surface area contributed by atoms with Crippen LogP contribution >= 0.6 is 0 Å². The average molecular weight is 214 g/mol. The molecule has 1 heterocycles. The summed E-state index contributed by atoms with van der Waals surface area (Å²) in [4.78, 5) is 24.2. The summed E-state index contributed by atoms with van der Waals surface area (Å²) in [7, 11) is 0. The predicted octanol–water partition coefficient (Wildman–Crippen LogP) is -2.12. The quantitative estimate of drug-likeness (QED) is 0.499. The van der Waals surface area contributed by atoms with Crippen molar-refractivity contribution >= 4 is 11.8 Å². The number of primary amides is 1. The van der Waals surface area contributed by atoms with Gasteiger partial charge in [0.15, 0.2) is 0 Å². The summed E-state index contributed by atoms with van der Waals surface area (Å²) in [6, 6.07) is -0.597. The molecule has 1 rings (SSSR count). The number of nitrogens with one attached hydrogen (secondary N) is 2. The fraction of sp³-hybridized carbons (Fsp3) is 0.778. The molecule has 1 aliphatic heterocycles. The maximum absolute atomic E-state index is 11.4. The molecular formula is C9H18N4O2. The van der Waals surface area contributed by atoms with Gasteiger partial charge in [0.1, 0.15) is 6.04 Å². The van der Waals surface area contributed by atoms with E-state index in [-0.39, 0.29) is 5.91 Å². The van der Waals surface area contributed by atoms with Crippen LogP contribution in [0.3, 0.4) is 0 Å². The van der Waals surface area contributed by atoms with E-state index in [1.54, 1.807) is 6.92 Å². The first-order valence-electron chi connectivity index (χ1n) is 5.11. The molecule has 2 amide bonds. The highest BCUT2D eigenvalue weighted by molar-refractivity contribution is 5.86. The van der Waals surface area contributed by atoms with Crippen LogP contribution in [0.15, 0.2) is 0 Å². The molecular weight excluding hydrogens is 196 g/mol. The van der Waals surface area contributed by atoms with E-state index < -0.39 is 11.9 Å². The summed E-state index contributed by atoms with van der Waals surface area (Å²) in [6.45, 7) is 5.44. The standard InChI is InChI=1S/C9H18N4O2/c1-7(9(10)15)12-8(14)6-13-4-2-11-3-5-13/h7,11H,2-6H2,1H3,(H2,10,15)(H,12,14)/t7-/m0/s1. The van der Waals surface area contributed by atoms with Crippen molar-refractivity contribution in [3.8, 4) is 0 Å². The number of carbonyl (C=O) groups is 2. The molecule has 0 aromatic heterocycles. The van der Waals surface area contributed by atoms with Crippen molar-refractivity contribution < 1.29 is 9.59 Å². The molecule has 0 radical (unpaired) electrons. The molecule has 86 valence electrons. The highest BCUT2D eigenvalue weighted by Crippen LogP contribution is 1.91. The van der Waals surface area contributed by atoms with Crippen LogP contribution in [0.25, 0.3) is 0 Å². The van der Waals surface area contributed by atoms with Gasteiger partial charge in [-0.2, -0.15) is 0 Å². The number of hydrogen-bond donors (Lipinski definition) is 3. The van der Waals surface area contributed by atoms with Crippen molar-refractivity contribution in [2.45, 2.75) is 13.0 Å². The maximum atomic E-state index is 11.4. The smallest absolute Gasteiger partial charge is 0.239 e. The Labute approximate surface area is 89.2 Å². The van der Waals surface area contributed by atoms with Crippen LogP contribution in [-0.4, -0.2) is 55.5 Å². The molecule has 0 spiro atoms. The van der Waals surface area contributed by atoms with E-state index in [4.69, 9.17) is 5.73 Å². The van der Waals surface area contributed by atoms with E-state index in [1.807, 2.05) is 4.90 Å². The number of amides is 2. The second-order valence-corrected chi connectivity index (χ2v) is 3.72. The second-order valence-electron chi connectivity index (χ2n) is 3.72. The lowest BCUT2D eigenvalue weighted by Gasteiger charge is -2.26. The second kappa shape index (κ2) is 5.67. The first-order chi connectivity index (χ1) is 7.09. The van der Waals surface area contributed by atoms with E-state index in [0.29, 0.717) is 6.54 Å². The van der Waals surface area contributed by atoms with Crippen LogP contribution < -0.4 is 16.4 Å². The number of hydrogen-bond acceptors (Lipinski definition) is 4. The summed E-state index contributed by atoms with van der Waals surface area (Å²) in [5.74, 6) is -0.660. The molecule has 1 saturated heterocycles. The van der Waals surface area contributed by atoms with Gasteiger partial charge in [-0.25, -0.2) is 0 Å². The van der Waals surface area contributed by atoms with Gasteiger partial charge in [-0.1, -0.05) is 0 Å². The van der Waals surface area contributed by atoms with Gasteiger partial charge < -0.3 is 16.4 Å². The number of nitrogens with two attached hydrogens (primary N) is 1. The number of piperazine rings is 1. The molecule has 6 nitrogen and oxygen atoms in total. The van der Waals surface area contributed by atoms with Gasteiger partial charge >= 0.3 is 0 Å². The van der Waals surface area contributed by atoms with E-state index in [9.17, 15) is 9.59 Å². The van der Waals surface area contributed by atoms with Gasteiger partial charge in [-0.15, -0.1) is 0 Å². The van der Waals surface area contributed by atoms with Crippen LogP contribution in [0.1, 0.15) is 6.92 Å². The summed E-state index contributed by atoms with van der Waals surface area (Å²) in [5.41, 5.74) is 5.04. The minimum atomic E-state index is -0.597. The number of carbonyl (C=O) groups excluding carboxylic acids is 2. The fourth-order valence-electron chi connectivity index (χ4n) is 1.43. The van der Waals surface area contributed by atoms with Gasteiger partial charge in [0.2, 0.25) is 11.8 Å². The SMILES string of the molecule is C[C@H](NC(=O)CN1CCNCC1)C(N)=O. The topological polar surface area (TPSA) is 87.5 Å². The molecule has 0 aliphatic carbocycles. The molecule has 6 heteroatoms. The molecule has 0 aromatic rings. The maximum Gasteiger partial charge on any atom is 0.239 e. The Morgan fingerprint density at radius 2 is 2.07 bits per heavy atom. The lowest BCUT2D eigenvalue weighted by molar-refractivity contribution is -0.127. The summed E-state index contributed by atoms with van der Waals surface area (Å²) in [6.07, 6.45) is 0. The van der Waals surface area contributed by atoms with Crippen molar-refractivity contribution in [1.82, 2.24) is 15.5 Å². The Morgan fingerprint density at radius 3 is 2.60 bits per heavy atom. The molecule has 1 atom stereocenters. The number of rotatable bonds is 4. The summed E-state index contributed by atoms with van der Waals surface area (Å²) >= 11 is 0. The van der Waals surface area contributed by atoms with Gasteiger partial charge in [-0.3, -0.25) is 14.5 Å². The van der Waals surface area contributed by atoms with E-state index in [0.717, 1.165) is 26.2 Å². The first kappa shape index (κ1) is 11.9. The Morgan fingerprint density at radius 1 is 1.47 bits per heavy atom. The molecule has 0 aromatic carbocycles. The highest BCUT2D eigenvalue weighted by Gasteiger charge is 2.16. The molecule has 4 N–H and O–H groups in total. The summed E-state index contributed by atoms with van der Waals surface area (Å²) in [5, 5.41) is 5.75. The molecule has 1 aliphatic rings. The zero-order chi connectivity index (χ0) is 11.3. The van der Waals surface area contributed by atoms with Crippen molar-refractivity contribution in [2.75, 3.05) is 32.7 Å². The third kappa shape index (κ3) is 4.26. The molecule has 0 saturated carbocycles. The lowest BCUT2D eigenvalue weighted by Crippen LogP contribution is -2.50. The van der Waals surface area contributed by atoms with E-state index in [1.165, 1.54) is 0 Å². The van der Waals surface area contributed by atoms with Crippen LogP contribution in [0.2, 0.25) is 0 Å². The van der Waals surface area contributed by atoms with Gasteiger partial charge in [0.05, 0.1) is 6.54 Å². The lowest BCUT2D eigenvalue weighted by atomic mass is 10.3. The molecule has 0 bridgehead atoms. The monoisotopic (exact) mass is 214 g/mol. The van der Waals surface area contributed by atoms with Gasteiger partial charge in [0.25, 0.3) is 0 Å². The van der Waals surface area contributed by atoms with E-state index >= 15 is 0 Å². The predicted molar refractivity (Wildman–Crippen MR) is 56.1 cm³/mol. The summed E-state index contributed by atoms with van der Waals surface area (Å²) < 4.78 is 0. The normalized spacial score (nSPS) is 19.5. The minimum absolute atomic E-state index is 0.150. The average Bonchev–Trinajstić information content (AvgIpc) is 2.18. The fourth-order valence-corrected chi connectivity index (χ4v) is 1.43. The van der Waals surface area contributed by atoms with Gasteiger partial charge in [-0.05, 0) is 6.92 Å². The van der Waals surface area contributed by atoms with Crippen LogP contribution in [0.4, 0.5) is 0 Å². The molecule has 15 heavy (non-hydrogen) atoms. The van der Waals surface area contributed by atoms with Crippen molar-refractivity contribution in [3.05, 3.63) is 0 Å². The molecule has 0 unspecified atom stereocenters. The Balaban J connectivity index is 2.25. The Kier molecular flexibility index (Phi) is 4.51. The number of nitrogens with zero attached hydrogens (tertiary/aromatic N) is 1.